The molecule has 11 nitrogen and oxygen atoms in total. The fourth-order valence-electron chi connectivity index (χ4n) is 3.43. The Kier molecular flexibility index (Phi) is 8.48. The highest BCUT2D eigenvalue weighted by Gasteiger charge is 2.39. The molecule has 0 spiro atoms. The van der Waals surface area contributed by atoms with Crippen LogP contribution in [0.5, 0.6) is 5.75 Å². The van der Waals surface area contributed by atoms with Crippen molar-refractivity contribution in [2.45, 2.75) is 51.7 Å². The number of H-pyrrole nitrogens is 1. The molecule has 1 aliphatic rings. The van der Waals surface area contributed by atoms with Crippen molar-refractivity contribution in [3.05, 3.63) is 63.4 Å². The molecule has 0 aliphatic carbocycles. The van der Waals surface area contributed by atoms with Crippen molar-refractivity contribution < 1.29 is 33.0 Å². The first kappa shape index (κ1) is 25.9. The van der Waals surface area contributed by atoms with Gasteiger partial charge in [0.05, 0.1) is 30.9 Å². The second-order valence-electron chi connectivity index (χ2n) is 8.35. The van der Waals surface area contributed by atoms with E-state index in [9.17, 15) is 24.1 Å². The summed E-state index contributed by atoms with van der Waals surface area (Å²) >= 11 is 0. The van der Waals surface area contributed by atoms with Crippen LogP contribution in [-0.2, 0) is 23.4 Å². The molecule has 2 unspecified atom stereocenters. The minimum absolute atomic E-state index is 0.0898. The van der Waals surface area contributed by atoms with E-state index in [4.69, 9.17) is 18.5 Å². The Morgan fingerprint density at radius 3 is 2.59 bits per heavy atom. The highest BCUT2D eigenvalue weighted by molar-refractivity contribution is 7.54. The van der Waals surface area contributed by atoms with Gasteiger partial charge in [0.15, 0.2) is 6.23 Å². The molecule has 1 aliphatic heterocycles. The smallest absolute Gasteiger partial charge is 0.380 e. The molecule has 0 saturated carbocycles. The van der Waals surface area contributed by atoms with Crippen LogP contribution in [-0.4, -0.2) is 51.7 Å². The quantitative estimate of drug-likeness (QED) is 0.373. The molecule has 2 N–H and O–H groups in total. The monoisotopic (exact) mass is 496 g/mol. The number of aliphatic hydroxyl groups is 1. The molecule has 0 bridgehead atoms. The molecule has 12 heteroatoms. The predicted molar refractivity (Wildman–Crippen MR) is 122 cm³/mol. The Morgan fingerprint density at radius 1 is 1.24 bits per heavy atom. The first-order valence-electron chi connectivity index (χ1n) is 10.9. The van der Waals surface area contributed by atoms with Crippen molar-refractivity contribution in [3.63, 3.8) is 0 Å². The van der Waals surface area contributed by atoms with E-state index in [1.165, 1.54) is 6.20 Å². The van der Waals surface area contributed by atoms with E-state index < -0.39 is 49.2 Å². The third-order valence-electron chi connectivity index (χ3n) is 4.99. The van der Waals surface area contributed by atoms with E-state index in [-0.39, 0.29) is 25.3 Å². The maximum Gasteiger partial charge on any atom is 0.380 e. The van der Waals surface area contributed by atoms with E-state index in [1.807, 2.05) is 0 Å². The molecule has 2 aromatic rings. The summed E-state index contributed by atoms with van der Waals surface area (Å²) in [5.74, 6) is -0.986. The standard InChI is InChI=1S/C22H29N2O9P/c1-14(2)31-21(27)15(3)13-34(29,33-16-7-5-4-6-8-16)30-12-17-11-18(25)20(32-17)24-10-9-19(26)23-22(24)28/h4-10,14-15,17-18,20,25H,11-13H2,1-3H3,(H,23,26,28)/t15-,17+,18?,20-,34?/m1/s1. The zero-order valence-corrected chi connectivity index (χ0v) is 20.1. The number of nitrogens with one attached hydrogen (secondary N) is 1. The van der Waals surface area contributed by atoms with Gasteiger partial charge in [-0.25, -0.2) is 9.36 Å². The van der Waals surface area contributed by atoms with Gasteiger partial charge in [0.25, 0.3) is 5.56 Å². The number of benzene rings is 1. The fourth-order valence-corrected chi connectivity index (χ4v) is 5.32. The van der Waals surface area contributed by atoms with E-state index in [0.717, 1.165) is 10.6 Å². The zero-order chi connectivity index (χ0) is 24.9. The van der Waals surface area contributed by atoms with E-state index in [1.54, 1.807) is 51.1 Å². The third kappa shape index (κ3) is 6.89. The molecular formula is C22H29N2O9P. The van der Waals surface area contributed by atoms with Crippen LogP contribution in [0.3, 0.4) is 0 Å². The highest BCUT2D eigenvalue weighted by atomic mass is 31.2. The van der Waals surface area contributed by atoms with E-state index in [2.05, 4.69) is 4.98 Å². The Balaban J connectivity index is 1.71. The third-order valence-corrected chi connectivity index (χ3v) is 7.01. The van der Waals surface area contributed by atoms with Crippen molar-refractivity contribution in [1.82, 2.24) is 9.55 Å². The SMILES string of the molecule is CC(C)OC(=O)[C@H](C)CP(=O)(OC[C@@H]1CC(O)[C@H](n2ccc(=O)[nH]c2=O)O1)Oc1ccccc1. The first-order chi connectivity index (χ1) is 16.1. The van der Waals surface area contributed by atoms with Gasteiger partial charge in [-0.3, -0.25) is 23.7 Å². The number of aromatic nitrogens is 2. The van der Waals surface area contributed by atoms with Gasteiger partial charge in [-0.05, 0) is 26.0 Å². The lowest BCUT2D eigenvalue weighted by Gasteiger charge is -2.24. The molecule has 1 fully saturated rings. The van der Waals surface area contributed by atoms with Crippen molar-refractivity contribution in [1.29, 1.82) is 0 Å². The maximum atomic E-state index is 13.6. The Morgan fingerprint density at radius 2 is 1.94 bits per heavy atom. The van der Waals surface area contributed by atoms with Crippen LogP contribution in [0.1, 0.15) is 33.4 Å². The predicted octanol–water partition coefficient (Wildman–Crippen LogP) is 2.06. The molecule has 3 rings (SSSR count). The Labute approximate surface area is 196 Å². The number of hydrogen-bond donors (Lipinski definition) is 2. The van der Waals surface area contributed by atoms with Gasteiger partial charge in [0.1, 0.15) is 11.9 Å². The fraction of sp³-hybridized carbons (Fsp3) is 0.500. The number of para-hydroxylation sites is 1. The largest absolute Gasteiger partial charge is 0.463 e. The Bertz CT molecular complexity index is 1130. The van der Waals surface area contributed by atoms with Crippen molar-refractivity contribution in [2.75, 3.05) is 12.8 Å². The average molecular weight is 496 g/mol. The molecule has 2 heterocycles. The van der Waals surface area contributed by atoms with Gasteiger partial charge < -0.3 is 19.1 Å². The van der Waals surface area contributed by atoms with E-state index >= 15 is 0 Å². The second-order valence-corrected chi connectivity index (χ2v) is 10.4. The molecule has 34 heavy (non-hydrogen) atoms. The summed E-state index contributed by atoms with van der Waals surface area (Å²) in [6.07, 6.45) is -2.07. The number of carbonyl (C=O) groups is 1. The number of ether oxygens (including phenoxy) is 2. The number of nitrogens with zero attached hydrogens (tertiary/aromatic N) is 1. The summed E-state index contributed by atoms with van der Waals surface area (Å²) < 4.78 is 36.9. The minimum Gasteiger partial charge on any atom is -0.463 e. The number of aromatic amines is 1. The van der Waals surface area contributed by atoms with Gasteiger partial charge in [0.2, 0.25) is 0 Å². The number of carbonyl (C=O) groups excluding carboxylic acids is 1. The second kappa shape index (κ2) is 11.1. The van der Waals surface area contributed by atoms with Gasteiger partial charge in [-0.2, -0.15) is 0 Å². The van der Waals surface area contributed by atoms with Crippen LogP contribution >= 0.6 is 7.60 Å². The summed E-state index contributed by atoms with van der Waals surface area (Å²) in [4.78, 5) is 37.7. The molecule has 1 aromatic heterocycles. The summed E-state index contributed by atoms with van der Waals surface area (Å²) in [5, 5.41) is 10.4. The number of esters is 1. The minimum atomic E-state index is -3.85. The summed E-state index contributed by atoms with van der Waals surface area (Å²) in [6.45, 7) is 4.79. The van der Waals surface area contributed by atoms with Crippen molar-refractivity contribution in [3.8, 4) is 5.75 Å². The molecule has 186 valence electrons. The van der Waals surface area contributed by atoms with Crippen LogP contribution in [0.25, 0.3) is 0 Å². The molecule has 5 atom stereocenters. The number of rotatable bonds is 10. The lowest BCUT2D eigenvalue weighted by Crippen LogP contribution is -2.35. The maximum absolute atomic E-state index is 13.6. The van der Waals surface area contributed by atoms with Crippen molar-refractivity contribution >= 4 is 13.6 Å². The number of aliphatic hydroxyl groups excluding tert-OH is 1. The summed E-state index contributed by atoms with van der Waals surface area (Å²) in [6, 6.07) is 9.55. The van der Waals surface area contributed by atoms with Crippen LogP contribution in [0.2, 0.25) is 0 Å². The lowest BCUT2D eigenvalue weighted by molar-refractivity contribution is -0.151. The van der Waals surface area contributed by atoms with Gasteiger partial charge in [0, 0.05) is 18.7 Å². The average Bonchev–Trinajstić information content (AvgIpc) is 3.13. The van der Waals surface area contributed by atoms with Crippen LogP contribution < -0.4 is 15.8 Å². The van der Waals surface area contributed by atoms with Crippen LogP contribution in [0, 0.1) is 5.92 Å². The van der Waals surface area contributed by atoms with E-state index in [0.29, 0.717) is 5.75 Å². The molecule has 1 aromatic carbocycles. The first-order valence-corrected chi connectivity index (χ1v) is 12.6. The number of hydrogen-bond acceptors (Lipinski definition) is 9. The highest BCUT2D eigenvalue weighted by Crippen LogP contribution is 2.50. The van der Waals surface area contributed by atoms with Gasteiger partial charge in [-0.15, -0.1) is 0 Å². The van der Waals surface area contributed by atoms with Gasteiger partial charge in [-0.1, -0.05) is 25.1 Å². The zero-order valence-electron chi connectivity index (χ0n) is 19.2. The molecule has 0 amide bonds. The summed E-state index contributed by atoms with van der Waals surface area (Å²) in [5.41, 5.74) is -1.30. The van der Waals surface area contributed by atoms with Crippen LogP contribution in [0.4, 0.5) is 0 Å². The topological polar surface area (TPSA) is 146 Å². The van der Waals surface area contributed by atoms with Crippen LogP contribution in [0.15, 0.2) is 52.2 Å². The molecular weight excluding hydrogens is 467 g/mol. The summed E-state index contributed by atoms with van der Waals surface area (Å²) in [7, 11) is -3.85. The van der Waals surface area contributed by atoms with Gasteiger partial charge >= 0.3 is 19.3 Å². The normalized spacial score (nSPS) is 22.8. The lowest BCUT2D eigenvalue weighted by atomic mass is 10.2. The van der Waals surface area contributed by atoms with Crippen molar-refractivity contribution in [2.24, 2.45) is 5.92 Å². The molecule has 1 saturated heterocycles. The molecule has 0 radical (unpaired) electrons. The Hall–Kier alpha value is -2.72.